The van der Waals surface area contributed by atoms with Gasteiger partial charge in [-0.25, -0.2) is 0 Å². The normalized spacial score (nSPS) is 9.74. The number of carbonyl (C=O) groups is 1. The quantitative estimate of drug-likeness (QED) is 0.380. The Bertz CT molecular complexity index is 707. The van der Waals surface area contributed by atoms with Crippen molar-refractivity contribution in [3.8, 4) is 11.8 Å². The van der Waals surface area contributed by atoms with Gasteiger partial charge in [0, 0.05) is 22.6 Å². The highest BCUT2D eigenvalue weighted by Gasteiger charge is 2.06. The lowest BCUT2D eigenvalue weighted by atomic mass is 10.1. The van der Waals surface area contributed by atoms with Crippen molar-refractivity contribution in [2.45, 2.75) is 6.92 Å². The first kappa shape index (κ1) is 13.1. The fraction of sp³-hybridized carbons (Fsp3) is 0.143. The largest absolute Gasteiger partial charge is 0.453 e. The minimum Gasteiger partial charge on any atom is -0.453 e. The van der Waals surface area contributed by atoms with Crippen LogP contribution in [-0.4, -0.2) is 18.4 Å². The Morgan fingerprint density at radius 3 is 3.00 bits per heavy atom. The summed E-state index contributed by atoms with van der Waals surface area (Å²) in [5.41, 5.74) is 6.32. The lowest BCUT2D eigenvalue weighted by Crippen LogP contribution is -2.08. The van der Waals surface area contributed by atoms with Crippen LogP contribution in [0, 0.1) is 17.3 Å². The molecule has 4 nitrogen and oxygen atoms in total. The van der Waals surface area contributed by atoms with Crippen LogP contribution >= 0.6 is 11.3 Å². The van der Waals surface area contributed by atoms with Gasteiger partial charge in [0.05, 0.1) is 4.88 Å². The Balaban J connectivity index is 2.32. The molecule has 0 spiro atoms. The van der Waals surface area contributed by atoms with Crippen molar-refractivity contribution in [2.24, 2.45) is 5.73 Å². The zero-order chi connectivity index (χ0) is 13.8. The molecule has 0 aliphatic rings. The smallest absolute Gasteiger partial charge is 0.303 e. The molecule has 1 heterocycles. The predicted molar refractivity (Wildman–Crippen MR) is 76.4 cm³/mol. The number of rotatable bonds is 2. The van der Waals surface area contributed by atoms with Crippen molar-refractivity contribution in [1.29, 1.82) is 5.41 Å². The van der Waals surface area contributed by atoms with Gasteiger partial charge in [-0.05, 0) is 18.2 Å². The minimum atomic E-state index is -0.345. The molecule has 96 valence electrons. The maximum absolute atomic E-state index is 10.6. The van der Waals surface area contributed by atoms with Crippen molar-refractivity contribution in [3.05, 3.63) is 34.7 Å². The Kier molecular flexibility index (Phi) is 3.83. The van der Waals surface area contributed by atoms with E-state index in [1.807, 2.05) is 24.3 Å². The summed E-state index contributed by atoms with van der Waals surface area (Å²) in [4.78, 5) is 11.3. The van der Waals surface area contributed by atoms with E-state index in [-0.39, 0.29) is 18.4 Å². The molecule has 0 fully saturated rings. The van der Waals surface area contributed by atoms with Crippen LogP contribution in [0.2, 0.25) is 0 Å². The van der Waals surface area contributed by atoms with Crippen LogP contribution in [0.15, 0.2) is 24.3 Å². The highest BCUT2D eigenvalue weighted by Crippen LogP contribution is 2.27. The zero-order valence-electron chi connectivity index (χ0n) is 10.3. The van der Waals surface area contributed by atoms with Crippen LogP contribution in [0.3, 0.4) is 0 Å². The van der Waals surface area contributed by atoms with Crippen molar-refractivity contribution in [2.75, 3.05) is 6.61 Å². The molecule has 0 saturated heterocycles. The number of ether oxygens (including phenoxy) is 1. The van der Waals surface area contributed by atoms with Crippen molar-refractivity contribution < 1.29 is 9.53 Å². The number of hydrogen-bond donors (Lipinski definition) is 2. The monoisotopic (exact) mass is 272 g/mol. The fourth-order valence-corrected chi connectivity index (χ4v) is 2.52. The van der Waals surface area contributed by atoms with Gasteiger partial charge in [-0.1, -0.05) is 17.9 Å². The Hall–Kier alpha value is -2.32. The molecule has 1 aromatic carbocycles. The van der Waals surface area contributed by atoms with Crippen LogP contribution in [0.4, 0.5) is 0 Å². The second kappa shape index (κ2) is 5.55. The summed E-state index contributed by atoms with van der Waals surface area (Å²) in [6.07, 6.45) is 0. The van der Waals surface area contributed by atoms with E-state index in [4.69, 9.17) is 15.9 Å². The molecular formula is C14H12N2O2S. The van der Waals surface area contributed by atoms with Crippen molar-refractivity contribution in [1.82, 2.24) is 0 Å². The molecule has 0 bridgehead atoms. The minimum absolute atomic E-state index is 0.0556. The molecule has 0 aliphatic carbocycles. The maximum atomic E-state index is 10.6. The van der Waals surface area contributed by atoms with Crippen molar-refractivity contribution >= 4 is 33.2 Å². The first-order valence-electron chi connectivity index (χ1n) is 5.57. The molecule has 0 unspecified atom stereocenters. The van der Waals surface area contributed by atoms with Gasteiger partial charge in [-0.2, -0.15) is 0 Å². The lowest BCUT2D eigenvalue weighted by Gasteiger charge is -1.94. The number of carbonyl (C=O) groups excluding carboxylic acids is 1. The summed E-state index contributed by atoms with van der Waals surface area (Å²) in [7, 11) is 0. The van der Waals surface area contributed by atoms with Gasteiger partial charge in [-0.3, -0.25) is 10.2 Å². The third-order valence-corrected chi connectivity index (χ3v) is 3.53. The average molecular weight is 272 g/mol. The van der Waals surface area contributed by atoms with E-state index in [1.54, 1.807) is 0 Å². The van der Waals surface area contributed by atoms with Gasteiger partial charge in [0.1, 0.15) is 5.84 Å². The molecule has 1 aromatic heterocycles. The van der Waals surface area contributed by atoms with Crippen LogP contribution in [0.5, 0.6) is 0 Å². The molecular weight excluding hydrogens is 260 g/mol. The topological polar surface area (TPSA) is 76.2 Å². The van der Waals surface area contributed by atoms with Gasteiger partial charge in [-0.15, -0.1) is 11.3 Å². The van der Waals surface area contributed by atoms with Gasteiger partial charge < -0.3 is 10.5 Å². The summed E-state index contributed by atoms with van der Waals surface area (Å²) >= 11 is 1.46. The maximum Gasteiger partial charge on any atom is 0.303 e. The Morgan fingerprint density at radius 1 is 1.53 bits per heavy atom. The number of amidine groups is 1. The van der Waals surface area contributed by atoms with Crippen LogP contribution < -0.4 is 5.73 Å². The van der Waals surface area contributed by atoms with E-state index in [1.165, 1.54) is 18.3 Å². The summed E-state index contributed by atoms with van der Waals surface area (Å²) in [6, 6.07) is 7.61. The number of nitrogens with one attached hydrogen (secondary N) is 1. The average Bonchev–Trinajstić information content (AvgIpc) is 2.79. The summed E-state index contributed by atoms with van der Waals surface area (Å²) in [6.45, 7) is 1.43. The first-order chi connectivity index (χ1) is 9.08. The van der Waals surface area contributed by atoms with Gasteiger partial charge >= 0.3 is 5.97 Å². The zero-order valence-corrected chi connectivity index (χ0v) is 11.1. The number of benzene rings is 1. The molecule has 0 saturated carbocycles. The molecule has 0 atom stereocenters. The third kappa shape index (κ3) is 3.12. The van der Waals surface area contributed by atoms with E-state index in [9.17, 15) is 4.79 Å². The molecule has 2 aromatic rings. The Labute approximate surface area is 114 Å². The van der Waals surface area contributed by atoms with Gasteiger partial charge in [0.2, 0.25) is 0 Å². The molecule has 19 heavy (non-hydrogen) atoms. The highest BCUT2D eigenvalue weighted by molar-refractivity contribution is 7.20. The Morgan fingerprint density at radius 2 is 2.32 bits per heavy atom. The molecule has 2 rings (SSSR count). The number of fused-ring (bicyclic) bond motifs is 1. The molecule has 0 radical (unpaired) electrons. The lowest BCUT2D eigenvalue weighted by molar-refractivity contribution is -0.139. The van der Waals surface area contributed by atoms with E-state index in [2.05, 4.69) is 11.8 Å². The number of thiophene rings is 1. The molecule has 0 amide bonds. The SMILES string of the molecule is CC(=O)OCC#Cc1cccc2sc(C(=N)N)cc12. The molecule has 0 aliphatic heterocycles. The molecule has 5 heteroatoms. The predicted octanol–water partition coefficient (Wildman–Crippen LogP) is 2.10. The fourth-order valence-electron chi connectivity index (χ4n) is 1.57. The van der Waals surface area contributed by atoms with Crippen LogP contribution in [0.25, 0.3) is 10.1 Å². The van der Waals surface area contributed by atoms with E-state index in [0.717, 1.165) is 20.5 Å². The summed E-state index contributed by atoms with van der Waals surface area (Å²) in [5, 5.41) is 8.41. The number of esters is 1. The van der Waals surface area contributed by atoms with Crippen LogP contribution in [0.1, 0.15) is 17.4 Å². The van der Waals surface area contributed by atoms with Gasteiger partial charge in [0.15, 0.2) is 6.61 Å². The number of nitrogens with two attached hydrogens (primary N) is 1. The second-order valence-electron chi connectivity index (χ2n) is 3.82. The van der Waals surface area contributed by atoms with E-state index >= 15 is 0 Å². The summed E-state index contributed by atoms with van der Waals surface area (Å²) < 4.78 is 5.79. The van der Waals surface area contributed by atoms with Crippen molar-refractivity contribution in [3.63, 3.8) is 0 Å². The first-order valence-corrected chi connectivity index (χ1v) is 6.39. The third-order valence-electron chi connectivity index (χ3n) is 2.40. The summed E-state index contributed by atoms with van der Waals surface area (Å²) in [5.74, 6) is 5.46. The highest BCUT2D eigenvalue weighted by atomic mass is 32.1. The standard InChI is InChI=1S/C14H12N2O2S/c1-9(17)18-7-3-5-10-4-2-6-12-11(10)8-13(19-12)14(15)16/h2,4,6,8H,7H2,1H3,(H3,15,16). The van der Waals surface area contributed by atoms with E-state index in [0.29, 0.717) is 0 Å². The second-order valence-corrected chi connectivity index (χ2v) is 4.91. The van der Waals surface area contributed by atoms with E-state index < -0.39 is 0 Å². The number of hydrogen-bond acceptors (Lipinski definition) is 4. The van der Waals surface area contributed by atoms with Gasteiger partial charge in [0.25, 0.3) is 0 Å². The van der Waals surface area contributed by atoms with Crippen LogP contribution in [-0.2, 0) is 9.53 Å². The molecule has 3 N–H and O–H groups in total. The number of nitrogen functional groups attached to an aromatic ring is 1.